The Labute approximate surface area is 550 Å². The summed E-state index contributed by atoms with van der Waals surface area (Å²) in [5.74, 6) is -4.18. The van der Waals surface area contributed by atoms with E-state index in [0.717, 1.165) is 61.6 Å². The quantitative estimate of drug-likeness (QED) is 0.0170. The Morgan fingerprint density at radius 2 is 1.24 bits per heavy atom. The number of halogens is 5. The van der Waals surface area contributed by atoms with Crippen molar-refractivity contribution in [1.82, 2.24) is 0 Å². The first kappa shape index (κ1) is 82.8. The number of hydrogen-bond acceptors (Lipinski definition) is 19. The van der Waals surface area contributed by atoms with Crippen molar-refractivity contribution in [1.29, 1.82) is 4.78 Å². The van der Waals surface area contributed by atoms with Gasteiger partial charge in [-0.05, 0) is 109 Å². The van der Waals surface area contributed by atoms with E-state index < -0.39 is 105 Å². The summed E-state index contributed by atoms with van der Waals surface area (Å²) in [7, 11) is -2.62. The summed E-state index contributed by atoms with van der Waals surface area (Å²) in [5.41, 5.74) is 53.1. The maximum absolute atomic E-state index is 11.6. The summed E-state index contributed by atoms with van der Waals surface area (Å²) in [6.45, 7) is 1.50. The molecule has 0 amide bonds. The van der Waals surface area contributed by atoms with Crippen LogP contribution in [-0.4, -0.2) is 193 Å². The van der Waals surface area contributed by atoms with Crippen molar-refractivity contribution in [2.75, 3.05) is 41.6 Å². The lowest BCUT2D eigenvalue weighted by Crippen LogP contribution is -2.51. The van der Waals surface area contributed by atoms with E-state index in [1.54, 1.807) is 0 Å². The van der Waals surface area contributed by atoms with Crippen molar-refractivity contribution in [2.24, 2.45) is 39.6 Å². The number of benzene rings is 2. The molecule has 19 N–H and O–H groups in total. The minimum Gasteiger partial charge on any atom is -0.480 e. The minimum absolute atomic E-state index is 0.0302. The standard InChI is InChI=1S/C17H21Cl2NO2.C15H19Cl2NO2.C8H18N2O3S.C6H9N3O3.C5H7ClN2O3.C5H7N3O4/c18-5-3-10(4-6-19)11-1-2-13-12-8-15(14(13)7-11)17(20,9-12)16(21)22;16-5-3-10(4-6-17)11-1-2-12-8-15(18,14(19)20)9-13(12)7-11;1-2-3-5-14(10,13)6-4-7(9)8(11)12;7-5(6(11)12)2-1-4(10)3-9-8;6-3-1-2(11-8-3)4(7)5(9)10;6-3(5(10)11)2-12-4(9)1-8-7/h1-2,7,10,12,15H,3-6,8-9,20H2,(H,21,22);1-2,7,10H,3-6,8-9,18H2,(H,19,20);7,10H,2-6,9H2,1H3,(H,11,12);3,5H,1-2,7H2,(H,11,12);2,4H,1,7H2,(H,9,10);1,3H,2,6H2,(H,10,11)/t;;;5-;;3-/m...0.0/s1. The molecule has 2 aromatic rings. The van der Waals surface area contributed by atoms with Crippen LogP contribution in [0.15, 0.2) is 41.6 Å². The highest BCUT2D eigenvalue weighted by molar-refractivity contribution is 7.92. The summed E-state index contributed by atoms with van der Waals surface area (Å²) >= 11 is 28.9. The van der Waals surface area contributed by atoms with Crippen molar-refractivity contribution < 1.29 is 92.4 Å². The van der Waals surface area contributed by atoms with Crippen LogP contribution in [0, 0.1) is 4.78 Å². The van der Waals surface area contributed by atoms with Gasteiger partial charge in [-0.25, -0.2) is 9.00 Å². The van der Waals surface area contributed by atoms with Crippen molar-refractivity contribution in [3.05, 3.63) is 80.8 Å². The number of hydrogen-bond donors (Lipinski definition) is 13. The van der Waals surface area contributed by atoms with Crippen LogP contribution < -0.4 is 34.4 Å². The lowest BCUT2D eigenvalue weighted by atomic mass is 9.76. The van der Waals surface area contributed by atoms with Gasteiger partial charge in [-0.15, -0.1) is 46.4 Å². The molecule has 91 heavy (non-hydrogen) atoms. The lowest BCUT2D eigenvalue weighted by molar-refractivity contribution is -0.146. The van der Waals surface area contributed by atoms with Gasteiger partial charge in [-0.2, -0.15) is 9.58 Å². The van der Waals surface area contributed by atoms with E-state index in [4.69, 9.17) is 129 Å². The van der Waals surface area contributed by atoms with Crippen LogP contribution in [0.2, 0.25) is 0 Å². The predicted molar refractivity (Wildman–Crippen MR) is 341 cm³/mol. The first-order valence-electron chi connectivity index (χ1n) is 28.3. The highest BCUT2D eigenvalue weighted by Crippen LogP contribution is 2.57. The van der Waals surface area contributed by atoms with Crippen LogP contribution >= 0.6 is 58.0 Å². The lowest BCUT2D eigenvalue weighted by Gasteiger charge is -2.31. The van der Waals surface area contributed by atoms with E-state index in [9.17, 15) is 52.8 Å². The van der Waals surface area contributed by atoms with Crippen LogP contribution in [0.4, 0.5) is 0 Å². The first-order valence-corrected chi connectivity index (χ1v) is 32.7. The second-order valence-electron chi connectivity index (χ2n) is 21.6. The Bertz CT molecular complexity index is 2990. The van der Waals surface area contributed by atoms with Gasteiger partial charge in [0.05, 0.1) is 0 Å². The third-order valence-electron chi connectivity index (χ3n) is 14.8. The summed E-state index contributed by atoms with van der Waals surface area (Å²) < 4.78 is 23.2. The number of nitrogens with zero attached hydrogens (tertiary/aromatic N) is 5. The number of aliphatic carboxylic acids is 6. The third kappa shape index (κ3) is 28.3. The molecular formula is C56H81Cl5N12O17S. The van der Waals surface area contributed by atoms with Gasteiger partial charge in [0.25, 0.3) is 0 Å². The number of carbonyl (C=O) groups is 8. The molecule has 10 atom stereocenters. The number of carboxylic acid groups (broad SMARTS) is 6. The van der Waals surface area contributed by atoms with E-state index in [2.05, 4.69) is 54.6 Å². The molecule has 8 unspecified atom stereocenters. The molecule has 1 heterocycles. The molecule has 29 nitrogen and oxygen atoms in total. The van der Waals surface area contributed by atoms with Gasteiger partial charge in [-0.1, -0.05) is 66.5 Å². The Morgan fingerprint density at radius 3 is 1.70 bits per heavy atom. The van der Waals surface area contributed by atoms with Crippen molar-refractivity contribution in [2.45, 2.75) is 162 Å². The average molecular weight is 1400 g/mol. The van der Waals surface area contributed by atoms with Gasteiger partial charge in [0.2, 0.25) is 5.78 Å². The number of carbonyl (C=O) groups excluding carboxylic acids is 2. The summed E-state index contributed by atoms with van der Waals surface area (Å²) in [5, 5.41) is 55.8. The number of ketones is 1. The molecule has 4 aliphatic rings. The molecule has 0 aromatic heterocycles. The van der Waals surface area contributed by atoms with E-state index >= 15 is 0 Å². The van der Waals surface area contributed by atoms with Crippen LogP contribution in [0.1, 0.15) is 141 Å². The van der Waals surface area contributed by atoms with Crippen molar-refractivity contribution >= 4 is 133 Å². The molecule has 3 aliphatic carbocycles. The fourth-order valence-corrected chi connectivity index (χ4v) is 12.5. The Hall–Kier alpha value is -6.21. The molecule has 1 aliphatic heterocycles. The maximum Gasteiger partial charge on any atom is 0.413 e. The number of Topliss-reactive ketones (excluding diaryl/α,β-unsaturated/α-hetero) is 1. The second-order valence-corrected chi connectivity index (χ2v) is 26.0. The number of fused-ring (bicyclic) bond motifs is 6. The molecule has 2 aromatic carbocycles. The minimum atomic E-state index is -2.62. The number of nitrogens with one attached hydrogen (secondary N) is 1. The van der Waals surface area contributed by atoms with Gasteiger partial charge in [0.15, 0.2) is 6.10 Å². The molecular weight excluding hydrogens is 1320 g/mol. The van der Waals surface area contributed by atoms with E-state index in [0.29, 0.717) is 72.8 Å². The first-order chi connectivity index (χ1) is 42.7. The van der Waals surface area contributed by atoms with Gasteiger partial charge in [0.1, 0.15) is 47.0 Å². The fourth-order valence-electron chi connectivity index (χ4n) is 9.65. The molecule has 2 bridgehead atoms. The van der Waals surface area contributed by atoms with E-state index in [1.807, 2.05) is 13.0 Å². The molecule has 508 valence electrons. The topological polar surface area (TPSA) is 559 Å². The summed E-state index contributed by atoms with van der Waals surface area (Å²) in [6, 6.07) is 8.24. The number of ether oxygens (including phenoxy) is 1. The number of esters is 1. The average Bonchev–Trinajstić information content (AvgIpc) is 1.58. The smallest absolute Gasteiger partial charge is 0.413 e. The molecule has 35 heteroatoms. The molecule has 0 saturated heterocycles. The van der Waals surface area contributed by atoms with Crippen LogP contribution in [-0.2, 0) is 70.5 Å². The molecule has 1 saturated carbocycles. The number of rotatable bonds is 30. The fraction of sp³-hybridized carbons (Fsp3) is 0.589. The Kier molecular flexibility index (Phi) is 37.7. The summed E-state index contributed by atoms with van der Waals surface area (Å²) in [6.07, 6.45) is 8.32. The van der Waals surface area contributed by atoms with Gasteiger partial charge in [-0.3, -0.25) is 38.3 Å². The van der Waals surface area contributed by atoms with Crippen molar-refractivity contribution in [3.8, 4) is 0 Å². The normalized spacial score (nSPS) is 20.4. The zero-order valence-electron chi connectivity index (χ0n) is 49.8. The Morgan fingerprint density at radius 1 is 0.725 bits per heavy atom. The zero-order chi connectivity index (χ0) is 69.4. The van der Waals surface area contributed by atoms with Crippen LogP contribution in [0.3, 0.4) is 0 Å². The Balaban J connectivity index is 0.000000559. The number of nitrogens with two attached hydrogens (primary N) is 6. The summed E-state index contributed by atoms with van der Waals surface area (Å²) in [4.78, 5) is 94.2. The monoisotopic (exact) mass is 1400 g/mol. The molecule has 6 rings (SSSR count). The SMILES string of the molecule is CCCCS(=N)(=O)CCC(N)C(=O)O.NC(C(=O)O)C1CC(Cl)=NO1.NC1(C(=O)O)CC2CC1c1cc(C(CCCl)CCCl)ccc12.NC1(C(=O)O)Cc2ccc(C(CCCl)CCCl)cc2C1.[N-]=[N+]=CC(=O)CC[C@H](N)C(=O)O.[N-]=[N+]=CC(=O)OC[C@H](N)C(=O)O. The molecule has 0 radical (unpaired) electrons. The number of oxime groups is 1. The highest BCUT2D eigenvalue weighted by Gasteiger charge is 2.56. The van der Waals surface area contributed by atoms with E-state index in [1.165, 1.54) is 16.7 Å². The van der Waals surface area contributed by atoms with Gasteiger partial charge in [0, 0.05) is 76.4 Å². The van der Waals surface area contributed by atoms with Crippen molar-refractivity contribution in [3.63, 3.8) is 0 Å². The third-order valence-corrected chi connectivity index (χ3v) is 17.8. The largest absolute Gasteiger partial charge is 0.480 e. The number of unbranched alkanes of at least 4 members (excludes halogenated alkanes) is 1. The predicted octanol–water partition coefficient (Wildman–Crippen LogP) is 4.36. The van der Waals surface area contributed by atoms with Gasteiger partial charge >= 0.3 is 54.2 Å². The van der Waals surface area contributed by atoms with E-state index in [-0.39, 0.29) is 48.4 Å². The second kappa shape index (κ2) is 41.4. The molecule has 1 fully saturated rings. The van der Waals surface area contributed by atoms with Crippen LogP contribution in [0.5, 0.6) is 0 Å². The maximum atomic E-state index is 11.6. The number of alkyl halides is 4. The zero-order valence-corrected chi connectivity index (χ0v) is 54.4. The highest BCUT2D eigenvalue weighted by atomic mass is 35.5. The van der Waals surface area contributed by atoms with Crippen LogP contribution in [0.25, 0.3) is 11.1 Å². The van der Waals surface area contributed by atoms with Gasteiger partial charge < -0.3 is 85.7 Å². The molecule has 0 spiro atoms. The number of carboxylic acids is 6.